The normalized spacial score (nSPS) is 25.3. The topological polar surface area (TPSA) is 64.4 Å². The number of hydrogen-bond donors (Lipinski definition) is 1. The number of nitrogens with one attached hydrogen (secondary N) is 1. The van der Waals surface area contributed by atoms with E-state index in [1.807, 2.05) is 18.2 Å². The van der Waals surface area contributed by atoms with E-state index in [2.05, 4.69) is 11.4 Å². The average Bonchev–Trinajstić information content (AvgIpc) is 3.03. The van der Waals surface area contributed by atoms with Crippen LogP contribution >= 0.6 is 11.6 Å². The number of non-ortho nitro benzene ring substituents is 1. The van der Waals surface area contributed by atoms with Gasteiger partial charge in [0.2, 0.25) is 0 Å². The Bertz CT molecular complexity index is 780. The van der Waals surface area contributed by atoms with E-state index in [1.54, 1.807) is 12.1 Å². The van der Waals surface area contributed by atoms with Crippen LogP contribution in [0.1, 0.15) is 29.7 Å². The van der Waals surface area contributed by atoms with Gasteiger partial charge in [-0.25, -0.2) is 0 Å². The summed E-state index contributed by atoms with van der Waals surface area (Å²) in [7, 11) is 0. The minimum Gasteiger partial charge on any atom is -0.378 e. The molecule has 1 N–H and O–H groups in total. The number of nitrogens with zero attached hydrogens (tertiary/aromatic N) is 1. The summed E-state index contributed by atoms with van der Waals surface area (Å²) in [5.41, 5.74) is 2.98. The zero-order chi connectivity index (χ0) is 16.0. The molecule has 2 heterocycles. The van der Waals surface area contributed by atoms with Gasteiger partial charge in [-0.2, -0.15) is 0 Å². The summed E-state index contributed by atoms with van der Waals surface area (Å²) in [5.74, 6) is 0.239. The highest BCUT2D eigenvalue weighted by atomic mass is 35.5. The summed E-state index contributed by atoms with van der Waals surface area (Å²) in [5, 5.41) is 15.3. The van der Waals surface area contributed by atoms with Crippen molar-refractivity contribution in [2.45, 2.75) is 18.6 Å². The van der Waals surface area contributed by atoms with Gasteiger partial charge in [-0.15, -0.1) is 0 Å². The van der Waals surface area contributed by atoms with Crippen LogP contribution in [-0.4, -0.2) is 11.5 Å². The lowest BCUT2D eigenvalue weighted by atomic mass is 9.81. The highest BCUT2D eigenvalue weighted by molar-refractivity contribution is 6.30. The van der Waals surface area contributed by atoms with Crippen LogP contribution in [0.15, 0.2) is 42.5 Å². The third-order valence-corrected chi connectivity index (χ3v) is 4.87. The molecule has 118 valence electrons. The third kappa shape index (κ3) is 2.46. The van der Waals surface area contributed by atoms with E-state index in [0.29, 0.717) is 11.6 Å². The number of nitro benzene ring substituents is 1. The van der Waals surface area contributed by atoms with Gasteiger partial charge < -0.3 is 10.1 Å². The van der Waals surface area contributed by atoms with Crippen molar-refractivity contribution in [1.82, 2.24) is 0 Å². The van der Waals surface area contributed by atoms with Crippen LogP contribution in [0.2, 0.25) is 5.02 Å². The minimum atomic E-state index is -0.368. The smallest absolute Gasteiger partial charge is 0.269 e. The molecule has 0 bridgehead atoms. The standard InChI is InChI=1S/C17H15ClN2O3/c18-11-3-1-2-10(8-11)16-13-6-7-23-17(13)14-9-12(20(21)22)4-5-15(14)19-16/h1-5,8-9,13,16-17,19H,6-7H2/t13-,16+,17-/m1/s1. The van der Waals surface area contributed by atoms with Crippen molar-refractivity contribution in [2.75, 3.05) is 11.9 Å². The molecule has 2 aliphatic heterocycles. The first-order valence-corrected chi connectivity index (χ1v) is 7.93. The van der Waals surface area contributed by atoms with Crippen molar-refractivity contribution in [1.29, 1.82) is 0 Å². The molecule has 0 radical (unpaired) electrons. The van der Waals surface area contributed by atoms with E-state index in [9.17, 15) is 10.1 Å². The number of rotatable bonds is 2. The molecule has 0 unspecified atom stereocenters. The number of fused-ring (bicyclic) bond motifs is 3. The van der Waals surface area contributed by atoms with Gasteiger partial charge in [0.05, 0.1) is 17.1 Å². The zero-order valence-corrected chi connectivity index (χ0v) is 13.0. The third-order valence-electron chi connectivity index (χ3n) is 4.64. The average molecular weight is 331 g/mol. The molecular weight excluding hydrogens is 316 g/mol. The molecule has 0 amide bonds. The number of nitro groups is 1. The second-order valence-electron chi connectivity index (χ2n) is 5.95. The van der Waals surface area contributed by atoms with E-state index < -0.39 is 0 Å². The molecule has 2 aromatic rings. The number of halogens is 1. The molecular formula is C17H15ClN2O3. The SMILES string of the molecule is O=[N+]([O-])c1ccc2c(c1)[C@@H]1OCC[C@@H]1[C@H](c1cccc(Cl)c1)N2. The summed E-state index contributed by atoms with van der Waals surface area (Å²) >= 11 is 6.13. The Morgan fingerprint density at radius 1 is 1.26 bits per heavy atom. The van der Waals surface area contributed by atoms with E-state index in [0.717, 1.165) is 23.2 Å². The maximum Gasteiger partial charge on any atom is 0.269 e. The Labute approximate surface area is 138 Å². The molecule has 2 aliphatic rings. The zero-order valence-electron chi connectivity index (χ0n) is 12.2. The Hall–Kier alpha value is -2.11. The van der Waals surface area contributed by atoms with Crippen LogP contribution < -0.4 is 5.32 Å². The maximum atomic E-state index is 11.0. The van der Waals surface area contributed by atoms with Crippen molar-refractivity contribution >= 4 is 23.0 Å². The van der Waals surface area contributed by atoms with Crippen molar-refractivity contribution in [2.24, 2.45) is 5.92 Å². The van der Waals surface area contributed by atoms with Gasteiger partial charge in [-0.05, 0) is 30.2 Å². The summed E-state index contributed by atoms with van der Waals surface area (Å²) in [6.07, 6.45) is 0.798. The van der Waals surface area contributed by atoms with Gasteiger partial charge in [0.25, 0.3) is 5.69 Å². The predicted octanol–water partition coefficient (Wildman–Crippen LogP) is 4.49. The highest BCUT2D eigenvalue weighted by Crippen LogP contribution is 2.50. The largest absolute Gasteiger partial charge is 0.378 e. The molecule has 0 spiro atoms. The molecule has 1 fully saturated rings. The Balaban J connectivity index is 1.77. The summed E-state index contributed by atoms with van der Waals surface area (Å²) < 4.78 is 5.90. The lowest BCUT2D eigenvalue weighted by Gasteiger charge is -2.36. The molecule has 5 nitrogen and oxygen atoms in total. The molecule has 0 aromatic heterocycles. The van der Waals surface area contributed by atoms with E-state index in [1.165, 1.54) is 6.07 Å². The molecule has 0 aliphatic carbocycles. The lowest BCUT2D eigenvalue weighted by molar-refractivity contribution is -0.385. The second kappa shape index (κ2) is 5.51. The Morgan fingerprint density at radius 2 is 2.13 bits per heavy atom. The van der Waals surface area contributed by atoms with Gasteiger partial charge in [0, 0.05) is 40.9 Å². The highest BCUT2D eigenvalue weighted by Gasteiger charge is 2.42. The van der Waals surface area contributed by atoms with Crippen LogP contribution in [0.5, 0.6) is 0 Å². The minimum absolute atomic E-state index is 0.0927. The summed E-state index contributed by atoms with van der Waals surface area (Å²) in [6.45, 7) is 0.663. The second-order valence-corrected chi connectivity index (χ2v) is 6.39. The first-order valence-electron chi connectivity index (χ1n) is 7.55. The van der Waals surface area contributed by atoms with Gasteiger partial charge >= 0.3 is 0 Å². The van der Waals surface area contributed by atoms with Gasteiger partial charge in [0.15, 0.2) is 0 Å². The quantitative estimate of drug-likeness (QED) is 0.650. The number of benzene rings is 2. The molecule has 0 saturated carbocycles. The van der Waals surface area contributed by atoms with Gasteiger partial charge in [0.1, 0.15) is 0 Å². The number of anilines is 1. The predicted molar refractivity (Wildman–Crippen MR) is 87.7 cm³/mol. The van der Waals surface area contributed by atoms with Crippen molar-refractivity contribution in [3.63, 3.8) is 0 Å². The van der Waals surface area contributed by atoms with E-state index >= 15 is 0 Å². The van der Waals surface area contributed by atoms with E-state index in [4.69, 9.17) is 16.3 Å². The number of hydrogen-bond acceptors (Lipinski definition) is 4. The van der Waals surface area contributed by atoms with Crippen molar-refractivity contribution in [3.8, 4) is 0 Å². The Kier molecular flexibility index (Phi) is 3.47. The first kappa shape index (κ1) is 14.5. The molecule has 4 rings (SSSR count). The maximum absolute atomic E-state index is 11.0. The monoisotopic (exact) mass is 330 g/mol. The van der Waals surface area contributed by atoms with Crippen LogP contribution in [-0.2, 0) is 4.74 Å². The summed E-state index contributed by atoms with van der Waals surface area (Å²) in [4.78, 5) is 10.7. The van der Waals surface area contributed by atoms with Crippen LogP contribution in [0.4, 0.5) is 11.4 Å². The fourth-order valence-electron chi connectivity index (χ4n) is 3.60. The van der Waals surface area contributed by atoms with Crippen LogP contribution in [0.3, 0.4) is 0 Å². The van der Waals surface area contributed by atoms with Gasteiger partial charge in [-0.3, -0.25) is 10.1 Å². The molecule has 1 saturated heterocycles. The van der Waals surface area contributed by atoms with Gasteiger partial charge in [-0.1, -0.05) is 23.7 Å². The fourth-order valence-corrected chi connectivity index (χ4v) is 3.80. The lowest BCUT2D eigenvalue weighted by Crippen LogP contribution is -2.29. The molecule has 3 atom stereocenters. The Morgan fingerprint density at radius 3 is 2.91 bits per heavy atom. The van der Waals surface area contributed by atoms with Crippen LogP contribution in [0.25, 0.3) is 0 Å². The van der Waals surface area contributed by atoms with Crippen LogP contribution in [0, 0.1) is 16.0 Å². The molecule has 23 heavy (non-hydrogen) atoms. The fraction of sp³-hybridized carbons (Fsp3) is 0.294. The first-order chi connectivity index (χ1) is 11.1. The van der Waals surface area contributed by atoms with Crippen molar-refractivity contribution in [3.05, 3.63) is 68.7 Å². The summed E-state index contributed by atoms with van der Waals surface area (Å²) in [6, 6.07) is 12.8. The molecule has 2 aromatic carbocycles. The molecule has 6 heteroatoms. The van der Waals surface area contributed by atoms with E-state index in [-0.39, 0.29) is 28.7 Å². The number of ether oxygens (including phenoxy) is 1. The van der Waals surface area contributed by atoms with Crippen molar-refractivity contribution < 1.29 is 9.66 Å².